The van der Waals surface area contributed by atoms with Crippen LogP contribution < -0.4 is 9.80 Å². The van der Waals surface area contributed by atoms with Gasteiger partial charge in [0, 0.05) is 15.7 Å². The van der Waals surface area contributed by atoms with Gasteiger partial charge in [0.2, 0.25) is 0 Å². The smallest absolute Gasteiger partial charge is 0.124 e. The monoisotopic (exact) mass is 375 g/mol. The first kappa shape index (κ1) is 16.3. The summed E-state index contributed by atoms with van der Waals surface area (Å²) in [5.41, 5.74) is 5.06. The summed E-state index contributed by atoms with van der Waals surface area (Å²) in [6.07, 6.45) is 0. The van der Waals surface area contributed by atoms with E-state index in [0.717, 1.165) is 42.8 Å². The molecule has 1 aliphatic rings. The Hall–Kier alpha value is -1.52. The van der Waals surface area contributed by atoms with Crippen LogP contribution in [0.1, 0.15) is 16.7 Å². The number of hydrogen-bond acceptors (Lipinski definition) is 2. The quantitative estimate of drug-likeness (QED) is 0.862. The van der Waals surface area contributed by atoms with Gasteiger partial charge in [-0.15, -0.1) is 0 Å². The van der Waals surface area contributed by atoms with E-state index in [0.29, 0.717) is 5.75 Å². The molecule has 1 fully saturated rings. The van der Waals surface area contributed by atoms with Gasteiger partial charge in [-0.1, -0.05) is 28.1 Å². The van der Waals surface area contributed by atoms with Gasteiger partial charge in [0.15, 0.2) is 0 Å². The summed E-state index contributed by atoms with van der Waals surface area (Å²) in [5, 5.41) is 10.0. The van der Waals surface area contributed by atoms with Gasteiger partial charge in [0.1, 0.15) is 12.3 Å². The number of anilines is 1. The molecule has 2 aromatic rings. The molecule has 0 atom stereocenters. The Morgan fingerprint density at radius 2 is 1.83 bits per heavy atom. The number of hydrogen-bond donors (Lipinski definition) is 2. The van der Waals surface area contributed by atoms with Crippen molar-refractivity contribution in [2.45, 2.75) is 20.4 Å². The minimum atomic E-state index is 0.401. The normalized spacial score (nSPS) is 15.9. The van der Waals surface area contributed by atoms with Crippen LogP contribution in [0.5, 0.6) is 5.75 Å². The number of quaternary nitrogens is 1. The maximum absolute atomic E-state index is 10.0. The molecule has 0 amide bonds. The summed E-state index contributed by atoms with van der Waals surface area (Å²) in [6, 6.07) is 12.4. The highest BCUT2D eigenvalue weighted by molar-refractivity contribution is 9.10. The fraction of sp³-hybridized carbons (Fsp3) is 0.368. The lowest BCUT2D eigenvalue weighted by Gasteiger charge is -2.34. The first-order valence-electron chi connectivity index (χ1n) is 8.16. The Labute approximate surface area is 146 Å². The highest BCUT2D eigenvalue weighted by atomic mass is 79.9. The third-order valence-corrected chi connectivity index (χ3v) is 5.15. The Bertz CT molecular complexity index is 694. The largest absolute Gasteiger partial charge is 0.507 e. The molecule has 4 heteroatoms. The highest BCUT2D eigenvalue weighted by Crippen LogP contribution is 2.22. The summed E-state index contributed by atoms with van der Waals surface area (Å²) in [7, 11) is 0. The third kappa shape index (κ3) is 3.88. The van der Waals surface area contributed by atoms with Crippen LogP contribution in [0.4, 0.5) is 5.69 Å². The predicted octanol–water partition coefficient (Wildman–Crippen LogP) is 2.68. The second-order valence-corrected chi connectivity index (χ2v) is 7.39. The molecular weight excluding hydrogens is 352 g/mol. The lowest BCUT2D eigenvalue weighted by atomic mass is 10.1. The van der Waals surface area contributed by atoms with E-state index >= 15 is 0 Å². The second kappa shape index (κ2) is 6.93. The Kier molecular flexibility index (Phi) is 4.93. The molecule has 1 aliphatic heterocycles. The number of aryl methyl sites for hydroxylation is 2. The van der Waals surface area contributed by atoms with E-state index in [1.165, 1.54) is 21.7 Å². The second-order valence-electron chi connectivity index (χ2n) is 6.48. The molecule has 0 aliphatic carbocycles. The van der Waals surface area contributed by atoms with Crippen molar-refractivity contribution in [1.82, 2.24) is 0 Å². The highest BCUT2D eigenvalue weighted by Gasteiger charge is 2.22. The Morgan fingerprint density at radius 3 is 2.57 bits per heavy atom. The van der Waals surface area contributed by atoms with Crippen molar-refractivity contribution in [3.63, 3.8) is 0 Å². The van der Waals surface area contributed by atoms with E-state index in [9.17, 15) is 5.11 Å². The summed E-state index contributed by atoms with van der Waals surface area (Å²) in [4.78, 5) is 4.02. The molecule has 0 saturated carbocycles. The molecule has 0 bridgehead atoms. The summed E-state index contributed by atoms with van der Waals surface area (Å²) in [5.74, 6) is 0.401. The average Bonchev–Trinajstić information content (AvgIpc) is 2.54. The molecule has 0 unspecified atom stereocenters. The van der Waals surface area contributed by atoms with Gasteiger partial charge in [0.05, 0.1) is 26.2 Å². The van der Waals surface area contributed by atoms with E-state index in [1.54, 1.807) is 6.07 Å². The van der Waals surface area contributed by atoms with Crippen molar-refractivity contribution >= 4 is 21.6 Å². The van der Waals surface area contributed by atoms with Crippen LogP contribution in [0.2, 0.25) is 0 Å². The van der Waals surface area contributed by atoms with Crippen LogP contribution >= 0.6 is 15.9 Å². The van der Waals surface area contributed by atoms with Crippen LogP contribution in [0.15, 0.2) is 40.9 Å². The lowest BCUT2D eigenvalue weighted by molar-refractivity contribution is -0.914. The maximum Gasteiger partial charge on any atom is 0.124 e. The van der Waals surface area contributed by atoms with Gasteiger partial charge < -0.3 is 14.9 Å². The summed E-state index contributed by atoms with van der Waals surface area (Å²) >= 11 is 3.49. The predicted molar refractivity (Wildman–Crippen MR) is 98.3 cm³/mol. The van der Waals surface area contributed by atoms with Gasteiger partial charge in [-0.3, -0.25) is 0 Å². The molecule has 2 aromatic carbocycles. The molecule has 1 heterocycles. The van der Waals surface area contributed by atoms with Crippen LogP contribution in [0.25, 0.3) is 0 Å². The SMILES string of the molecule is Cc1ccc(C)c(N2CC[NH+](Cc3cc(Br)ccc3O)CC2)c1. The molecular formula is C19H24BrN2O+. The van der Waals surface area contributed by atoms with Crippen LogP contribution in [0.3, 0.4) is 0 Å². The van der Waals surface area contributed by atoms with E-state index in [-0.39, 0.29) is 0 Å². The fourth-order valence-electron chi connectivity index (χ4n) is 3.27. The number of nitrogens with one attached hydrogen (secondary N) is 1. The number of rotatable bonds is 3. The molecule has 2 N–H and O–H groups in total. The minimum Gasteiger partial charge on any atom is -0.507 e. The molecule has 0 aromatic heterocycles. The van der Waals surface area contributed by atoms with Crippen molar-refractivity contribution in [3.8, 4) is 5.75 Å². The van der Waals surface area contributed by atoms with Crippen molar-refractivity contribution < 1.29 is 10.0 Å². The number of phenolic OH excluding ortho intramolecular Hbond substituents is 1. The van der Waals surface area contributed by atoms with Crippen molar-refractivity contribution in [1.29, 1.82) is 0 Å². The standard InChI is InChI=1S/C19H23BrN2O/c1-14-3-4-15(2)18(11-14)22-9-7-21(8-10-22)13-16-12-17(20)5-6-19(16)23/h3-6,11-12,23H,7-10,13H2,1-2H3/p+1. The van der Waals surface area contributed by atoms with E-state index in [4.69, 9.17) is 0 Å². The van der Waals surface area contributed by atoms with Gasteiger partial charge >= 0.3 is 0 Å². The van der Waals surface area contributed by atoms with Crippen LogP contribution in [0, 0.1) is 13.8 Å². The van der Waals surface area contributed by atoms with E-state index in [1.807, 2.05) is 12.1 Å². The summed E-state index contributed by atoms with van der Waals surface area (Å²) < 4.78 is 1.03. The molecule has 0 radical (unpaired) electrons. The van der Waals surface area contributed by atoms with E-state index < -0.39 is 0 Å². The zero-order valence-corrected chi connectivity index (χ0v) is 15.4. The Morgan fingerprint density at radius 1 is 1.09 bits per heavy atom. The number of phenols is 1. The zero-order chi connectivity index (χ0) is 16.4. The zero-order valence-electron chi connectivity index (χ0n) is 13.8. The van der Waals surface area contributed by atoms with Crippen molar-refractivity contribution in [3.05, 3.63) is 57.6 Å². The number of nitrogens with zero attached hydrogens (tertiary/aromatic N) is 1. The van der Waals surface area contributed by atoms with Gasteiger partial charge in [-0.05, 0) is 49.2 Å². The first-order valence-corrected chi connectivity index (χ1v) is 8.95. The molecule has 122 valence electrons. The van der Waals surface area contributed by atoms with Crippen molar-refractivity contribution in [2.24, 2.45) is 0 Å². The number of aromatic hydroxyl groups is 1. The summed E-state index contributed by atoms with van der Waals surface area (Å²) in [6.45, 7) is 9.54. The first-order chi connectivity index (χ1) is 11.0. The van der Waals surface area contributed by atoms with Crippen LogP contribution in [-0.2, 0) is 6.54 Å². The van der Waals surface area contributed by atoms with Crippen molar-refractivity contribution in [2.75, 3.05) is 31.1 Å². The van der Waals surface area contributed by atoms with Gasteiger partial charge in [-0.2, -0.15) is 0 Å². The molecule has 3 rings (SSSR count). The molecule has 1 saturated heterocycles. The molecule has 0 spiro atoms. The van der Waals surface area contributed by atoms with Gasteiger partial charge in [-0.25, -0.2) is 0 Å². The van der Waals surface area contributed by atoms with E-state index in [2.05, 4.69) is 52.9 Å². The topological polar surface area (TPSA) is 27.9 Å². The number of benzene rings is 2. The molecule has 3 nitrogen and oxygen atoms in total. The number of piperazine rings is 1. The minimum absolute atomic E-state index is 0.401. The lowest BCUT2D eigenvalue weighted by Crippen LogP contribution is -3.13. The Balaban J connectivity index is 1.64. The maximum atomic E-state index is 10.0. The third-order valence-electron chi connectivity index (χ3n) is 4.66. The average molecular weight is 376 g/mol. The molecule has 23 heavy (non-hydrogen) atoms. The van der Waals surface area contributed by atoms with Gasteiger partial charge in [0.25, 0.3) is 0 Å². The number of halogens is 1. The van der Waals surface area contributed by atoms with Crippen LogP contribution in [-0.4, -0.2) is 31.3 Å². The fourth-order valence-corrected chi connectivity index (χ4v) is 3.67.